The largest absolute Gasteiger partial charge is 0.353 e. The molecule has 1 atom stereocenters. The Labute approximate surface area is 118 Å². The van der Waals surface area contributed by atoms with Crippen molar-refractivity contribution in [2.24, 2.45) is 0 Å². The Kier molecular flexibility index (Phi) is 3.31. The van der Waals surface area contributed by atoms with Crippen molar-refractivity contribution in [1.29, 1.82) is 0 Å². The number of carbonyl (C=O) groups is 1. The molecule has 1 fully saturated rings. The van der Waals surface area contributed by atoms with Crippen LogP contribution in [0.4, 0.5) is 0 Å². The number of piperazine rings is 1. The minimum absolute atomic E-state index is 0.151. The molecular weight excluding hydrogens is 256 g/mol. The van der Waals surface area contributed by atoms with Crippen molar-refractivity contribution in [2.45, 2.75) is 30.2 Å². The number of fused-ring (bicyclic) bond motifs is 1. The van der Waals surface area contributed by atoms with Gasteiger partial charge in [0, 0.05) is 36.2 Å². The van der Waals surface area contributed by atoms with E-state index in [9.17, 15) is 4.79 Å². The maximum absolute atomic E-state index is 12.0. The molecule has 1 unspecified atom stereocenters. The first-order chi connectivity index (χ1) is 9.09. The number of nitrogens with one attached hydrogen (secondary N) is 1. The maximum atomic E-state index is 12.0. The lowest BCUT2D eigenvalue weighted by Gasteiger charge is -2.42. The normalized spacial score (nSPS) is 26.0. The van der Waals surface area contributed by atoms with Gasteiger partial charge in [0.05, 0.1) is 5.54 Å². The van der Waals surface area contributed by atoms with Crippen LogP contribution in [0.25, 0.3) is 0 Å². The summed E-state index contributed by atoms with van der Waals surface area (Å²) in [7, 11) is 0. The Balaban J connectivity index is 1.78. The molecule has 3 rings (SSSR count). The number of thioether (sulfide) groups is 1. The molecule has 2 aliphatic heterocycles. The summed E-state index contributed by atoms with van der Waals surface area (Å²) in [5.74, 6) is 1.83. The zero-order valence-corrected chi connectivity index (χ0v) is 12.3. The van der Waals surface area contributed by atoms with E-state index in [-0.39, 0.29) is 11.4 Å². The number of hydrogen-bond donors (Lipinski definition) is 1. The fourth-order valence-corrected chi connectivity index (χ4v) is 4.15. The Hall–Kier alpha value is -1.00. The highest BCUT2D eigenvalue weighted by Crippen LogP contribution is 2.40. The Morgan fingerprint density at radius 2 is 2.21 bits per heavy atom. The summed E-state index contributed by atoms with van der Waals surface area (Å²) in [6.07, 6.45) is 0. The molecular formula is C15H20N2OS. The van der Waals surface area contributed by atoms with E-state index < -0.39 is 0 Å². The average molecular weight is 276 g/mol. The van der Waals surface area contributed by atoms with E-state index in [0.717, 1.165) is 25.4 Å². The van der Waals surface area contributed by atoms with Gasteiger partial charge in [0.1, 0.15) is 0 Å². The third-order valence-corrected chi connectivity index (χ3v) is 5.50. The van der Waals surface area contributed by atoms with Crippen molar-refractivity contribution in [1.82, 2.24) is 10.2 Å². The maximum Gasteiger partial charge on any atom is 0.239 e. The fraction of sp³-hybridized carbons (Fsp3) is 0.533. The highest BCUT2D eigenvalue weighted by molar-refractivity contribution is 7.99. The van der Waals surface area contributed by atoms with Crippen molar-refractivity contribution in [3.63, 3.8) is 0 Å². The Morgan fingerprint density at radius 3 is 3.05 bits per heavy atom. The predicted octanol–water partition coefficient (Wildman–Crippen LogP) is 2.09. The van der Waals surface area contributed by atoms with Crippen molar-refractivity contribution in [3.05, 3.63) is 29.8 Å². The zero-order valence-electron chi connectivity index (χ0n) is 11.5. The van der Waals surface area contributed by atoms with Crippen LogP contribution in [0, 0.1) is 0 Å². The number of carbonyl (C=O) groups excluding carboxylic acids is 1. The molecule has 0 bridgehead atoms. The van der Waals surface area contributed by atoms with Gasteiger partial charge in [-0.3, -0.25) is 9.69 Å². The molecule has 0 spiro atoms. The van der Waals surface area contributed by atoms with Gasteiger partial charge in [-0.1, -0.05) is 18.2 Å². The van der Waals surface area contributed by atoms with Gasteiger partial charge in [-0.25, -0.2) is 0 Å². The number of benzene rings is 1. The van der Waals surface area contributed by atoms with Crippen molar-refractivity contribution in [2.75, 3.05) is 25.4 Å². The quantitative estimate of drug-likeness (QED) is 0.897. The molecule has 1 aromatic carbocycles. The van der Waals surface area contributed by atoms with Crippen LogP contribution in [0.1, 0.15) is 25.3 Å². The molecule has 1 aromatic rings. The molecule has 0 aromatic heterocycles. The van der Waals surface area contributed by atoms with Crippen LogP contribution in [0.5, 0.6) is 0 Å². The van der Waals surface area contributed by atoms with Crippen molar-refractivity contribution >= 4 is 17.7 Å². The van der Waals surface area contributed by atoms with Crippen LogP contribution in [0.2, 0.25) is 0 Å². The molecule has 3 nitrogen and oxygen atoms in total. The third kappa shape index (κ3) is 2.28. The van der Waals surface area contributed by atoms with E-state index in [1.165, 1.54) is 10.5 Å². The van der Waals surface area contributed by atoms with E-state index in [0.29, 0.717) is 5.92 Å². The van der Waals surface area contributed by atoms with Gasteiger partial charge in [0.25, 0.3) is 0 Å². The van der Waals surface area contributed by atoms with E-state index in [2.05, 4.69) is 34.5 Å². The van der Waals surface area contributed by atoms with Gasteiger partial charge >= 0.3 is 0 Å². The van der Waals surface area contributed by atoms with Gasteiger partial charge in [-0.15, -0.1) is 11.8 Å². The minimum Gasteiger partial charge on any atom is -0.353 e. The summed E-state index contributed by atoms with van der Waals surface area (Å²) in [6.45, 7) is 6.74. The van der Waals surface area contributed by atoms with Crippen LogP contribution in [0.15, 0.2) is 29.2 Å². The second-order valence-electron chi connectivity index (χ2n) is 5.81. The number of hydrogen-bond acceptors (Lipinski definition) is 3. The predicted molar refractivity (Wildman–Crippen MR) is 78.6 cm³/mol. The van der Waals surface area contributed by atoms with Crippen LogP contribution < -0.4 is 5.32 Å². The Bertz CT molecular complexity index is 501. The molecule has 102 valence electrons. The van der Waals surface area contributed by atoms with E-state index >= 15 is 0 Å². The fourth-order valence-electron chi connectivity index (χ4n) is 2.91. The van der Waals surface area contributed by atoms with Crippen LogP contribution >= 0.6 is 11.8 Å². The molecule has 19 heavy (non-hydrogen) atoms. The van der Waals surface area contributed by atoms with Crippen molar-refractivity contribution < 1.29 is 4.79 Å². The molecule has 0 aliphatic carbocycles. The van der Waals surface area contributed by atoms with Gasteiger partial charge in [-0.05, 0) is 25.5 Å². The summed E-state index contributed by atoms with van der Waals surface area (Å²) in [5.41, 5.74) is 1.06. The Morgan fingerprint density at radius 1 is 1.42 bits per heavy atom. The summed E-state index contributed by atoms with van der Waals surface area (Å²) in [6, 6.07) is 8.66. The average Bonchev–Trinajstić information content (AvgIpc) is 2.79. The second kappa shape index (κ2) is 4.84. The van der Waals surface area contributed by atoms with E-state index in [4.69, 9.17) is 0 Å². The molecule has 2 aliphatic rings. The first-order valence-corrected chi connectivity index (χ1v) is 7.82. The highest BCUT2D eigenvalue weighted by atomic mass is 32.2. The first kappa shape index (κ1) is 13.0. The summed E-state index contributed by atoms with van der Waals surface area (Å²) in [5, 5.41) is 2.96. The molecule has 0 radical (unpaired) electrons. The summed E-state index contributed by atoms with van der Waals surface area (Å²) in [4.78, 5) is 15.7. The van der Waals surface area contributed by atoms with E-state index in [1.807, 2.05) is 25.6 Å². The lowest BCUT2D eigenvalue weighted by atomic mass is 9.94. The topological polar surface area (TPSA) is 32.3 Å². The zero-order chi connectivity index (χ0) is 13.5. The first-order valence-electron chi connectivity index (χ1n) is 6.84. The number of amides is 1. The van der Waals surface area contributed by atoms with Gasteiger partial charge < -0.3 is 5.32 Å². The smallest absolute Gasteiger partial charge is 0.239 e. The monoisotopic (exact) mass is 276 g/mol. The molecule has 0 saturated carbocycles. The van der Waals surface area contributed by atoms with Crippen LogP contribution in [0.3, 0.4) is 0 Å². The van der Waals surface area contributed by atoms with Crippen LogP contribution in [-0.4, -0.2) is 41.7 Å². The molecule has 2 heterocycles. The lowest BCUT2D eigenvalue weighted by molar-refractivity contribution is -0.135. The number of rotatable bonds is 2. The van der Waals surface area contributed by atoms with E-state index in [1.54, 1.807) is 0 Å². The molecule has 1 saturated heterocycles. The van der Waals surface area contributed by atoms with Gasteiger partial charge in [0.15, 0.2) is 0 Å². The lowest BCUT2D eigenvalue weighted by Crippen LogP contribution is -2.62. The van der Waals surface area contributed by atoms with Crippen LogP contribution in [-0.2, 0) is 4.79 Å². The second-order valence-corrected chi connectivity index (χ2v) is 6.87. The summed E-state index contributed by atoms with van der Waals surface area (Å²) < 4.78 is 0. The van der Waals surface area contributed by atoms with Gasteiger partial charge in [0.2, 0.25) is 5.91 Å². The standard InChI is InChI=1S/C15H20N2OS/c1-15(2)14(18)16-7-8-17(15)9-11-10-19-13-6-4-3-5-12(11)13/h3-6,11H,7-10H2,1-2H3,(H,16,18). The van der Waals surface area contributed by atoms with Gasteiger partial charge in [-0.2, -0.15) is 0 Å². The minimum atomic E-state index is -0.388. The molecule has 1 amide bonds. The highest BCUT2D eigenvalue weighted by Gasteiger charge is 2.39. The molecule has 1 N–H and O–H groups in total. The SMILES string of the molecule is CC1(C)C(=O)NCCN1CC1CSc2ccccc21. The number of nitrogens with zero attached hydrogens (tertiary/aromatic N) is 1. The third-order valence-electron chi connectivity index (χ3n) is 4.25. The summed E-state index contributed by atoms with van der Waals surface area (Å²) >= 11 is 1.94. The molecule has 4 heteroatoms. The van der Waals surface area contributed by atoms with Crippen molar-refractivity contribution in [3.8, 4) is 0 Å².